The molecule has 1 rings (SSSR count). The number of benzene rings is 1. The maximum Gasteiger partial charge on any atom is 0.121 e. The van der Waals surface area contributed by atoms with Gasteiger partial charge >= 0.3 is 0 Å². The molecule has 0 fully saturated rings. The number of rotatable bonds is 3. The zero-order chi connectivity index (χ0) is 9.84. The monoisotopic (exact) mass is 196 g/mol. The van der Waals surface area contributed by atoms with Crippen LogP contribution in [0.4, 0.5) is 0 Å². The molecule has 0 aliphatic carbocycles. The van der Waals surface area contributed by atoms with Crippen molar-refractivity contribution in [2.24, 2.45) is 0 Å². The first kappa shape index (κ1) is 10.5. The van der Waals surface area contributed by atoms with E-state index in [0.29, 0.717) is 5.75 Å². The molecule has 1 aromatic carbocycles. The van der Waals surface area contributed by atoms with Crippen LogP contribution in [0, 0.1) is 6.92 Å². The van der Waals surface area contributed by atoms with Crippen LogP contribution in [0.2, 0.25) is 0 Å². The highest BCUT2D eigenvalue weighted by atomic mass is 32.1. The van der Waals surface area contributed by atoms with Crippen molar-refractivity contribution in [3.8, 4) is 5.75 Å². The van der Waals surface area contributed by atoms with Crippen molar-refractivity contribution in [2.45, 2.75) is 38.0 Å². The molecule has 2 heteroatoms. The van der Waals surface area contributed by atoms with Crippen molar-refractivity contribution in [2.75, 3.05) is 0 Å². The summed E-state index contributed by atoms with van der Waals surface area (Å²) >= 11 is 4.28. The van der Waals surface area contributed by atoms with Crippen molar-refractivity contribution in [1.82, 2.24) is 0 Å². The normalized spacial score (nSPS) is 10.4. The molecule has 0 aromatic heterocycles. The molecule has 0 unspecified atom stereocenters. The van der Waals surface area contributed by atoms with Gasteiger partial charge in [0.25, 0.3) is 0 Å². The minimum atomic E-state index is 0.436. The van der Waals surface area contributed by atoms with Gasteiger partial charge in [-0.3, -0.25) is 0 Å². The fourth-order valence-corrected chi connectivity index (χ4v) is 1.74. The Morgan fingerprint density at radius 2 is 2.08 bits per heavy atom. The summed E-state index contributed by atoms with van der Waals surface area (Å²) in [4.78, 5) is 0.932. The Labute approximate surface area is 85.2 Å². The van der Waals surface area contributed by atoms with E-state index in [1.807, 2.05) is 19.1 Å². The molecule has 1 N–H and O–H groups in total. The van der Waals surface area contributed by atoms with Crippen LogP contribution in [0.5, 0.6) is 5.75 Å². The lowest BCUT2D eigenvalue weighted by Gasteiger charge is -2.07. The fraction of sp³-hybridized carbons (Fsp3) is 0.455. The smallest absolute Gasteiger partial charge is 0.121 e. The quantitative estimate of drug-likeness (QED) is 0.710. The third-order valence-electron chi connectivity index (χ3n) is 2.16. The molecule has 0 amide bonds. The van der Waals surface area contributed by atoms with Crippen LogP contribution in [0.25, 0.3) is 0 Å². The lowest BCUT2D eigenvalue weighted by Crippen LogP contribution is -1.88. The van der Waals surface area contributed by atoms with Crippen LogP contribution in [-0.2, 0) is 6.42 Å². The van der Waals surface area contributed by atoms with Gasteiger partial charge in [0.15, 0.2) is 0 Å². The predicted octanol–water partition coefficient (Wildman–Crippen LogP) is 3.33. The third kappa shape index (κ3) is 2.66. The van der Waals surface area contributed by atoms with Gasteiger partial charge in [0.05, 0.1) is 0 Å². The van der Waals surface area contributed by atoms with Gasteiger partial charge in [-0.2, -0.15) is 0 Å². The molecule has 0 atom stereocenters. The minimum Gasteiger partial charge on any atom is -0.507 e. The summed E-state index contributed by atoms with van der Waals surface area (Å²) in [6.45, 7) is 4.05. The van der Waals surface area contributed by atoms with Gasteiger partial charge in [0.1, 0.15) is 5.75 Å². The molecule has 0 aliphatic rings. The SMILES string of the molecule is CCCCc1cc(S)cc(C)c1O. The number of hydrogen-bond donors (Lipinski definition) is 2. The zero-order valence-corrected chi connectivity index (χ0v) is 9.06. The summed E-state index contributed by atoms with van der Waals surface area (Å²) in [6.07, 6.45) is 3.21. The van der Waals surface area contributed by atoms with Crippen molar-refractivity contribution in [1.29, 1.82) is 0 Å². The number of aromatic hydroxyl groups is 1. The number of hydrogen-bond acceptors (Lipinski definition) is 2. The molecule has 0 heterocycles. The molecule has 13 heavy (non-hydrogen) atoms. The molecule has 0 radical (unpaired) electrons. The predicted molar refractivity (Wildman–Crippen MR) is 58.7 cm³/mol. The highest BCUT2D eigenvalue weighted by Crippen LogP contribution is 2.26. The maximum absolute atomic E-state index is 9.71. The van der Waals surface area contributed by atoms with Gasteiger partial charge in [0.2, 0.25) is 0 Å². The summed E-state index contributed by atoms with van der Waals surface area (Å²) in [5.74, 6) is 0.436. The molecular formula is C11H16OS. The van der Waals surface area contributed by atoms with Crippen LogP contribution >= 0.6 is 12.6 Å². The van der Waals surface area contributed by atoms with E-state index in [9.17, 15) is 5.11 Å². The van der Waals surface area contributed by atoms with Gasteiger partial charge in [-0.1, -0.05) is 13.3 Å². The number of phenols is 1. The first-order valence-corrected chi connectivity index (χ1v) is 5.11. The van der Waals surface area contributed by atoms with Gasteiger partial charge < -0.3 is 5.11 Å². The molecule has 1 nitrogen and oxygen atoms in total. The summed E-state index contributed by atoms with van der Waals surface area (Å²) < 4.78 is 0. The first-order valence-electron chi connectivity index (χ1n) is 4.66. The molecule has 0 spiro atoms. The van der Waals surface area contributed by atoms with E-state index in [1.165, 1.54) is 0 Å². The van der Waals surface area contributed by atoms with Crippen molar-refractivity contribution < 1.29 is 5.11 Å². The lowest BCUT2D eigenvalue weighted by molar-refractivity contribution is 0.462. The summed E-state index contributed by atoms with van der Waals surface area (Å²) in [7, 11) is 0. The van der Waals surface area contributed by atoms with E-state index < -0.39 is 0 Å². The summed E-state index contributed by atoms with van der Waals surface area (Å²) in [5.41, 5.74) is 1.94. The lowest BCUT2D eigenvalue weighted by atomic mass is 10.0. The Balaban J connectivity index is 2.92. The topological polar surface area (TPSA) is 20.2 Å². The van der Waals surface area contributed by atoms with Crippen LogP contribution in [0.1, 0.15) is 30.9 Å². The molecule has 0 bridgehead atoms. The molecule has 1 aromatic rings. The number of phenolic OH excluding ortho intramolecular Hbond substituents is 1. The summed E-state index contributed by atoms with van der Waals surface area (Å²) in [5, 5.41) is 9.71. The maximum atomic E-state index is 9.71. The van der Waals surface area contributed by atoms with E-state index in [1.54, 1.807) is 0 Å². The molecule has 0 aliphatic heterocycles. The number of thiol groups is 1. The van der Waals surface area contributed by atoms with Crippen LogP contribution in [0.3, 0.4) is 0 Å². The van der Waals surface area contributed by atoms with E-state index in [-0.39, 0.29) is 0 Å². The van der Waals surface area contributed by atoms with Crippen molar-refractivity contribution in [3.63, 3.8) is 0 Å². The molecular weight excluding hydrogens is 180 g/mol. The minimum absolute atomic E-state index is 0.436. The van der Waals surface area contributed by atoms with Crippen molar-refractivity contribution >= 4 is 12.6 Å². The average Bonchev–Trinajstić information content (AvgIpc) is 2.09. The van der Waals surface area contributed by atoms with Crippen LogP contribution in [-0.4, -0.2) is 5.11 Å². The Bertz CT molecular complexity index is 294. The van der Waals surface area contributed by atoms with Crippen LogP contribution in [0.15, 0.2) is 17.0 Å². The zero-order valence-electron chi connectivity index (χ0n) is 8.17. The van der Waals surface area contributed by atoms with Gasteiger partial charge in [0, 0.05) is 4.90 Å². The largest absolute Gasteiger partial charge is 0.507 e. The van der Waals surface area contributed by atoms with Gasteiger partial charge in [-0.05, 0) is 43.0 Å². The average molecular weight is 196 g/mol. The van der Waals surface area contributed by atoms with Crippen molar-refractivity contribution in [3.05, 3.63) is 23.3 Å². The Kier molecular flexibility index (Phi) is 3.67. The second-order valence-electron chi connectivity index (χ2n) is 3.37. The first-order chi connectivity index (χ1) is 6.15. The molecule has 72 valence electrons. The fourth-order valence-electron chi connectivity index (χ4n) is 1.39. The van der Waals surface area contributed by atoms with E-state index >= 15 is 0 Å². The standard InChI is InChI=1S/C11H16OS/c1-3-4-5-9-7-10(13)6-8(2)11(9)12/h6-7,12-13H,3-5H2,1-2H3. The third-order valence-corrected chi connectivity index (χ3v) is 2.42. The van der Waals surface area contributed by atoms with E-state index in [0.717, 1.165) is 35.3 Å². The van der Waals surface area contributed by atoms with Gasteiger partial charge in [-0.25, -0.2) is 0 Å². The Hall–Kier alpha value is -0.630. The van der Waals surface area contributed by atoms with E-state index in [2.05, 4.69) is 19.6 Å². The Morgan fingerprint density at radius 3 is 2.69 bits per heavy atom. The number of unbranched alkanes of at least 4 members (excludes halogenated alkanes) is 1. The van der Waals surface area contributed by atoms with Crippen LogP contribution < -0.4 is 0 Å². The highest BCUT2D eigenvalue weighted by molar-refractivity contribution is 7.80. The van der Waals surface area contributed by atoms with E-state index in [4.69, 9.17) is 0 Å². The molecule has 0 saturated carbocycles. The second-order valence-corrected chi connectivity index (χ2v) is 3.89. The highest BCUT2D eigenvalue weighted by Gasteiger charge is 2.04. The summed E-state index contributed by atoms with van der Waals surface area (Å²) in [6, 6.07) is 3.83. The van der Waals surface area contributed by atoms with Gasteiger partial charge in [-0.15, -0.1) is 12.6 Å². The number of aryl methyl sites for hydroxylation is 2. The Morgan fingerprint density at radius 1 is 1.38 bits per heavy atom. The second kappa shape index (κ2) is 4.56. The molecule has 0 saturated heterocycles.